The van der Waals surface area contributed by atoms with E-state index in [1.165, 1.54) is 0 Å². The zero-order valence-corrected chi connectivity index (χ0v) is 19.2. The minimum absolute atomic E-state index is 0.119. The highest BCUT2D eigenvalue weighted by Gasteiger charge is 2.17. The molecule has 2 heterocycles. The Bertz CT molecular complexity index is 1250. The molecule has 0 aliphatic rings. The van der Waals surface area contributed by atoms with Gasteiger partial charge in [0.1, 0.15) is 0 Å². The lowest BCUT2D eigenvalue weighted by Gasteiger charge is -2.17. The molecule has 0 fully saturated rings. The number of aromatic nitrogens is 3. The van der Waals surface area contributed by atoms with E-state index in [1.54, 1.807) is 18.5 Å². The van der Waals surface area contributed by atoms with Gasteiger partial charge in [-0.3, -0.25) is 0 Å². The van der Waals surface area contributed by atoms with E-state index in [-0.39, 0.29) is 25.1 Å². The van der Waals surface area contributed by atoms with Gasteiger partial charge in [-0.1, -0.05) is 60.7 Å². The Morgan fingerprint density at radius 3 is 2.26 bits per heavy atom. The predicted octanol–water partition coefficient (Wildman–Crippen LogP) is 3.75. The number of H-pyrrole nitrogens is 1. The fourth-order valence-electron chi connectivity index (χ4n) is 3.64. The van der Waals surface area contributed by atoms with Crippen molar-refractivity contribution in [3.63, 3.8) is 0 Å². The van der Waals surface area contributed by atoms with Gasteiger partial charge in [0.05, 0.1) is 31.0 Å². The van der Waals surface area contributed by atoms with Gasteiger partial charge in [0.15, 0.2) is 0 Å². The van der Waals surface area contributed by atoms with E-state index in [0.29, 0.717) is 17.2 Å². The standard InChI is InChI=1S/C26H27N5O4/c1-17-13-28-25(29-21(15-32)18-8-4-2-5-9-18)31-24(17)20-12-23(27-14-20)35-26(34)30-22(16-33)19-10-6-3-7-11-19/h2-14,21-22,27,32-33H,15-16H2,1H3,(H,30,34)(H,28,29,31). The summed E-state index contributed by atoms with van der Waals surface area (Å²) >= 11 is 0. The fourth-order valence-corrected chi connectivity index (χ4v) is 3.64. The molecule has 0 aliphatic heterocycles. The van der Waals surface area contributed by atoms with Gasteiger partial charge in [-0.2, -0.15) is 0 Å². The van der Waals surface area contributed by atoms with Crippen molar-refractivity contribution in [2.45, 2.75) is 19.0 Å². The second-order valence-corrected chi connectivity index (χ2v) is 7.95. The van der Waals surface area contributed by atoms with Crippen LogP contribution in [-0.4, -0.2) is 44.5 Å². The van der Waals surface area contributed by atoms with Crippen molar-refractivity contribution in [3.05, 3.63) is 95.8 Å². The van der Waals surface area contributed by atoms with Crippen LogP contribution in [0.2, 0.25) is 0 Å². The summed E-state index contributed by atoms with van der Waals surface area (Å²) in [4.78, 5) is 24.3. The number of carbonyl (C=O) groups is 1. The molecule has 35 heavy (non-hydrogen) atoms. The summed E-state index contributed by atoms with van der Waals surface area (Å²) in [5, 5.41) is 25.3. The Hall–Kier alpha value is -4.21. The minimum atomic E-state index is -0.697. The maximum Gasteiger partial charge on any atom is 0.414 e. The first-order valence-electron chi connectivity index (χ1n) is 11.2. The van der Waals surface area contributed by atoms with E-state index in [0.717, 1.165) is 16.7 Å². The summed E-state index contributed by atoms with van der Waals surface area (Å²) in [7, 11) is 0. The first kappa shape index (κ1) is 23.9. The highest BCUT2D eigenvalue weighted by molar-refractivity contribution is 5.72. The van der Waals surface area contributed by atoms with E-state index in [1.807, 2.05) is 67.6 Å². The van der Waals surface area contributed by atoms with Crippen LogP contribution in [-0.2, 0) is 0 Å². The van der Waals surface area contributed by atoms with Crippen LogP contribution in [0.25, 0.3) is 11.3 Å². The quantitative estimate of drug-likeness (QED) is 0.250. The van der Waals surface area contributed by atoms with Gasteiger partial charge in [0.2, 0.25) is 11.8 Å². The van der Waals surface area contributed by atoms with Gasteiger partial charge in [-0.25, -0.2) is 14.8 Å². The van der Waals surface area contributed by atoms with E-state index < -0.39 is 12.1 Å². The van der Waals surface area contributed by atoms with Gasteiger partial charge in [-0.15, -0.1) is 0 Å². The van der Waals surface area contributed by atoms with Crippen molar-refractivity contribution >= 4 is 12.0 Å². The van der Waals surface area contributed by atoms with Crippen molar-refractivity contribution in [2.75, 3.05) is 18.5 Å². The number of benzene rings is 2. The Kier molecular flexibility index (Phi) is 7.71. The highest BCUT2D eigenvalue weighted by Crippen LogP contribution is 2.27. The van der Waals surface area contributed by atoms with Crippen molar-refractivity contribution in [1.82, 2.24) is 20.3 Å². The molecule has 0 saturated heterocycles. The summed E-state index contributed by atoms with van der Waals surface area (Å²) < 4.78 is 5.37. The number of nitrogens with zero attached hydrogens (tertiary/aromatic N) is 2. The molecule has 0 saturated carbocycles. The lowest BCUT2D eigenvalue weighted by Crippen LogP contribution is -2.33. The van der Waals surface area contributed by atoms with Crippen LogP contribution >= 0.6 is 0 Å². The third-order valence-corrected chi connectivity index (χ3v) is 5.47. The summed E-state index contributed by atoms with van der Waals surface area (Å²) in [6, 6.07) is 19.4. The molecule has 0 spiro atoms. The second kappa shape index (κ2) is 11.3. The molecule has 0 radical (unpaired) electrons. The number of ether oxygens (including phenoxy) is 1. The molecule has 180 valence electrons. The van der Waals surface area contributed by atoms with Gasteiger partial charge < -0.3 is 30.6 Å². The highest BCUT2D eigenvalue weighted by atomic mass is 16.6. The maximum atomic E-state index is 12.4. The lowest BCUT2D eigenvalue weighted by molar-refractivity contribution is 0.182. The molecule has 9 heteroatoms. The predicted molar refractivity (Wildman–Crippen MR) is 132 cm³/mol. The number of amides is 1. The molecule has 2 aromatic carbocycles. The zero-order valence-electron chi connectivity index (χ0n) is 19.2. The van der Waals surface area contributed by atoms with Crippen LogP contribution < -0.4 is 15.4 Å². The fraction of sp³-hybridized carbons (Fsp3) is 0.192. The normalized spacial score (nSPS) is 12.5. The number of nitrogens with one attached hydrogen (secondary N) is 3. The molecule has 2 unspecified atom stereocenters. The summed E-state index contributed by atoms with van der Waals surface area (Å²) in [6.07, 6.45) is 2.68. The van der Waals surface area contributed by atoms with Gasteiger partial charge >= 0.3 is 6.09 Å². The Labute approximate surface area is 202 Å². The maximum absolute atomic E-state index is 12.4. The van der Waals surface area contributed by atoms with Crippen molar-refractivity contribution in [3.8, 4) is 17.1 Å². The van der Waals surface area contributed by atoms with Crippen molar-refractivity contribution in [1.29, 1.82) is 0 Å². The molecule has 4 aromatic rings. The number of aryl methyl sites for hydroxylation is 1. The van der Waals surface area contributed by atoms with Gasteiger partial charge in [-0.05, 0) is 23.6 Å². The SMILES string of the molecule is Cc1cnc(NC(CO)c2ccccc2)nc1-c1c[nH]c(OC(=O)NC(CO)c2ccccc2)c1. The summed E-state index contributed by atoms with van der Waals surface area (Å²) in [6.45, 7) is 1.50. The molecule has 0 aliphatic carbocycles. The van der Waals surface area contributed by atoms with E-state index in [9.17, 15) is 15.0 Å². The molecular formula is C26H27N5O4. The van der Waals surface area contributed by atoms with Crippen molar-refractivity contribution in [2.24, 2.45) is 0 Å². The van der Waals surface area contributed by atoms with Crippen LogP contribution in [0, 0.1) is 6.92 Å². The Morgan fingerprint density at radius 1 is 1.00 bits per heavy atom. The van der Waals surface area contributed by atoms with Gasteiger partial charge in [0.25, 0.3) is 0 Å². The van der Waals surface area contributed by atoms with E-state index >= 15 is 0 Å². The molecule has 0 bridgehead atoms. The first-order valence-corrected chi connectivity index (χ1v) is 11.2. The van der Waals surface area contributed by atoms with Crippen LogP contribution in [0.4, 0.5) is 10.7 Å². The number of anilines is 1. The van der Waals surface area contributed by atoms with E-state index in [4.69, 9.17) is 4.74 Å². The largest absolute Gasteiger partial charge is 0.414 e. The number of hydrogen-bond acceptors (Lipinski definition) is 7. The van der Waals surface area contributed by atoms with Crippen LogP contribution in [0.3, 0.4) is 0 Å². The number of aliphatic hydroxyl groups is 2. The third-order valence-electron chi connectivity index (χ3n) is 5.47. The lowest BCUT2D eigenvalue weighted by atomic mass is 10.1. The Balaban J connectivity index is 1.45. The number of carbonyl (C=O) groups excluding carboxylic acids is 1. The second-order valence-electron chi connectivity index (χ2n) is 7.95. The molecule has 1 amide bonds. The number of aliphatic hydroxyl groups excluding tert-OH is 2. The zero-order chi connectivity index (χ0) is 24.6. The third kappa shape index (κ3) is 6.03. The van der Waals surface area contributed by atoms with Crippen LogP contribution in [0.1, 0.15) is 28.8 Å². The first-order chi connectivity index (χ1) is 17.1. The Morgan fingerprint density at radius 2 is 1.63 bits per heavy atom. The number of hydrogen-bond donors (Lipinski definition) is 5. The van der Waals surface area contributed by atoms with E-state index in [2.05, 4.69) is 25.6 Å². The average molecular weight is 474 g/mol. The monoisotopic (exact) mass is 473 g/mol. The summed E-state index contributed by atoms with van der Waals surface area (Å²) in [5.74, 6) is 0.593. The smallest absolute Gasteiger partial charge is 0.394 e. The molecule has 9 nitrogen and oxygen atoms in total. The summed E-state index contributed by atoms with van der Waals surface area (Å²) in [5.41, 5.74) is 3.87. The van der Waals surface area contributed by atoms with Crippen LogP contribution in [0.15, 0.2) is 79.1 Å². The van der Waals surface area contributed by atoms with Gasteiger partial charge in [0, 0.05) is 24.0 Å². The topological polar surface area (TPSA) is 132 Å². The van der Waals surface area contributed by atoms with Crippen LogP contribution in [0.5, 0.6) is 5.88 Å². The molecular weight excluding hydrogens is 446 g/mol. The number of rotatable bonds is 9. The molecule has 5 N–H and O–H groups in total. The molecule has 2 atom stereocenters. The molecule has 4 rings (SSSR count). The average Bonchev–Trinajstić information content (AvgIpc) is 3.35. The van der Waals surface area contributed by atoms with Crippen molar-refractivity contribution < 1.29 is 19.7 Å². The molecule has 2 aromatic heterocycles. The number of aromatic amines is 1. The minimum Gasteiger partial charge on any atom is -0.394 e.